The van der Waals surface area contributed by atoms with Gasteiger partial charge in [0.1, 0.15) is 5.82 Å². The van der Waals surface area contributed by atoms with E-state index in [-0.39, 0.29) is 12.0 Å². The molecule has 120 valence electrons. The van der Waals surface area contributed by atoms with Crippen molar-refractivity contribution in [3.8, 4) is 0 Å². The van der Waals surface area contributed by atoms with Crippen LogP contribution in [0.25, 0.3) is 0 Å². The fourth-order valence-corrected chi connectivity index (χ4v) is 2.32. The van der Waals surface area contributed by atoms with E-state index in [9.17, 15) is 17.6 Å². The molecule has 0 bridgehead atoms. The lowest BCUT2D eigenvalue weighted by Gasteiger charge is -2.23. The molecule has 0 amide bonds. The highest BCUT2D eigenvalue weighted by Gasteiger charge is 2.34. The minimum absolute atomic E-state index is 0.179. The third kappa shape index (κ3) is 5.28. The second-order valence-corrected chi connectivity index (χ2v) is 5.14. The van der Waals surface area contributed by atoms with Crippen molar-refractivity contribution in [2.45, 2.75) is 32.5 Å². The second-order valence-electron chi connectivity index (χ2n) is 5.14. The summed E-state index contributed by atoms with van der Waals surface area (Å²) in [4.78, 5) is 0. The Hall–Kier alpha value is -1.14. The zero-order chi connectivity index (χ0) is 16.0. The van der Waals surface area contributed by atoms with Crippen LogP contribution >= 0.6 is 0 Å². The first kappa shape index (κ1) is 17.9. The summed E-state index contributed by atoms with van der Waals surface area (Å²) in [6, 6.07) is 2.91. The second kappa shape index (κ2) is 7.75. The quantitative estimate of drug-likeness (QED) is 0.764. The number of rotatable bonds is 7. The van der Waals surface area contributed by atoms with Gasteiger partial charge in [-0.25, -0.2) is 4.39 Å². The first-order valence-electron chi connectivity index (χ1n) is 6.88. The summed E-state index contributed by atoms with van der Waals surface area (Å²) in [7, 11) is 1.58. The number of alkyl halides is 3. The number of methoxy groups -OCH3 is 1. The lowest BCUT2D eigenvalue weighted by molar-refractivity contribution is -0.140. The van der Waals surface area contributed by atoms with E-state index in [1.807, 2.05) is 13.8 Å². The monoisotopic (exact) mass is 307 g/mol. The van der Waals surface area contributed by atoms with E-state index >= 15 is 0 Å². The Morgan fingerprint density at radius 3 is 2.48 bits per heavy atom. The molecule has 2 unspecified atom stereocenters. The van der Waals surface area contributed by atoms with Gasteiger partial charge in [0.25, 0.3) is 0 Å². The van der Waals surface area contributed by atoms with Crippen LogP contribution in [0, 0.1) is 11.7 Å². The Labute approximate surface area is 122 Å². The van der Waals surface area contributed by atoms with E-state index in [0.717, 1.165) is 12.1 Å². The standard InChI is InChI=1S/C15H21F4NO/c1-4-20-14(7-10(2)9-21-3)11-5-6-13(16)12(8-11)15(17,18)19/h5-6,8,10,14,20H,4,7,9H2,1-3H3. The van der Waals surface area contributed by atoms with Crippen molar-refractivity contribution in [1.82, 2.24) is 5.32 Å². The summed E-state index contributed by atoms with van der Waals surface area (Å²) < 4.78 is 56.7. The van der Waals surface area contributed by atoms with Crippen LogP contribution in [0.5, 0.6) is 0 Å². The van der Waals surface area contributed by atoms with Crippen LogP contribution in [0.2, 0.25) is 0 Å². The van der Waals surface area contributed by atoms with Gasteiger partial charge in [0.15, 0.2) is 0 Å². The molecule has 0 aliphatic rings. The minimum atomic E-state index is -4.69. The van der Waals surface area contributed by atoms with E-state index < -0.39 is 17.6 Å². The highest BCUT2D eigenvalue weighted by atomic mass is 19.4. The molecule has 1 rings (SSSR count). The van der Waals surface area contributed by atoms with Crippen molar-refractivity contribution in [1.29, 1.82) is 0 Å². The molecule has 1 N–H and O–H groups in total. The summed E-state index contributed by atoms with van der Waals surface area (Å²) in [6.07, 6.45) is -4.07. The molecule has 6 heteroatoms. The third-order valence-electron chi connectivity index (χ3n) is 3.24. The third-order valence-corrected chi connectivity index (χ3v) is 3.24. The fraction of sp³-hybridized carbons (Fsp3) is 0.600. The van der Waals surface area contributed by atoms with Crippen LogP contribution in [0.3, 0.4) is 0 Å². The van der Waals surface area contributed by atoms with E-state index in [1.165, 1.54) is 6.07 Å². The molecule has 2 nitrogen and oxygen atoms in total. The van der Waals surface area contributed by atoms with Crippen molar-refractivity contribution in [2.75, 3.05) is 20.3 Å². The van der Waals surface area contributed by atoms with E-state index in [2.05, 4.69) is 5.32 Å². The highest BCUT2D eigenvalue weighted by Crippen LogP contribution is 2.34. The summed E-state index contributed by atoms with van der Waals surface area (Å²) in [5.74, 6) is -1.06. The topological polar surface area (TPSA) is 21.3 Å². The first-order valence-corrected chi connectivity index (χ1v) is 6.88. The van der Waals surface area contributed by atoms with Gasteiger partial charge >= 0.3 is 6.18 Å². The zero-order valence-electron chi connectivity index (χ0n) is 12.4. The zero-order valence-corrected chi connectivity index (χ0v) is 12.4. The molecule has 0 heterocycles. The van der Waals surface area contributed by atoms with Crippen LogP contribution in [0.15, 0.2) is 18.2 Å². The largest absolute Gasteiger partial charge is 0.419 e. The lowest BCUT2D eigenvalue weighted by Crippen LogP contribution is -2.24. The number of ether oxygens (including phenoxy) is 1. The van der Waals surface area contributed by atoms with Crippen molar-refractivity contribution in [3.05, 3.63) is 35.1 Å². The first-order chi connectivity index (χ1) is 9.79. The average molecular weight is 307 g/mol. The Balaban J connectivity index is 3.03. The van der Waals surface area contributed by atoms with E-state index in [4.69, 9.17) is 4.74 Å². The molecule has 1 aromatic carbocycles. The summed E-state index contributed by atoms with van der Waals surface area (Å²) in [6.45, 7) is 4.97. The molecule has 21 heavy (non-hydrogen) atoms. The average Bonchev–Trinajstić information content (AvgIpc) is 2.37. The minimum Gasteiger partial charge on any atom is -0.384 e. The number of benzene rings is 1. The Bertz CT molecular complexity index is 448. The predicted molar refractivity (Wildman–Crippen MR) is 73.5 cm³/mol. The van der Waals surface area contributed by atoms with Crippen LogP contribution in [-0.4, -0.2) is 20.3 Å². The Morgan fingerprint density at radius 2 is 1.95 bits per heavy atom. The molecule has 0 aromatic heterocycles. The van der Waals surface area contributed by atoms with Crippen LogP contribution in [0.4, 0.5) is 17.6 Å². The Kier molecular flexibility index (Phi) is 6.61. The molecular formula is C15H21F4NO. The molecular weight excluding hydrogens is 286 g/mol. The van der Waals surface area contributed by atoms with Gasteiger partial charge in [-0.2, -0.15) is 13.2 Å². The molecule has 0 saturated heterocycles. The van der Waals surface area contributed by atoms with Crippen LogP contribution in [-0.2, 0) is 10.9 Å². The molecule has 0 radical (unpaired) electrons. The molecule has 0 fully saturated rings. The maximum absolute atomic E-state index is 13.3. The van der Waals surface area contributed by atoms with E-state index in [0.29, 0.717) is 25.1 Å². The number of nitrogens with one attached hydrogen (secondary N) is 1. The van der Waals surface area contributed by atoms with Crippen molar-refractivity contribution < 1.29 is 22.3 Å². The SMILES string of the molecule is CCNC(CC(C)COC)c1ccc(F)c(C(F)(F)F)c1. The summed E-state index contributed by atoms with van der Waals surface area (Å²) in [5.41, 5.74) is -0.782. The van der Waals surface area contributed by atoms with Crippen molar-refractivity contribution in [3.63, 3.8) is 0 Å². The van der Waals surface area contributed by atoms with Crippen molar-refractivity contribution >= 4 is 0 Å². The highest BCUT2D eigenvalue weighted by molar-refractivity contribution is 5.29. The summed E-state index contributed by atoms with van der Waals surface area (Å²) in [5, 5.41) is 3.14. The van der Waals surface area contributed by atoms with E-state index in [1.54, 1.807) is 7.11 Å². The molecule has 0 aliphatic heterocycles. The van der Waals surface area contributed by atoms with Gasteiger partial charge in [0.05, 0.1) is 5.56 Å². The van der Waals surface area contributed by atoms with Crippen LogP contribution in [0.1, 0.15) is 37.4 Å². The number of hydrogen-bond donors (Lipinski definition) is 1. The Morgan fingerprint density at radius 1 is 1.29 bits per heavy atom. The smallest absolute Gasteiger partial charge is 0.384 e. The van der Waals surface area contributed by atoms with Gasteiger partial charge in [-0.05, 0) is 36.6 Å². The van der Waals surface area contributed by atoms with Crippen LogP contribution < -0.4 is 5.32 Å². The number of halogens is 4. The van der Waals surface area contributed by atoms with Gasteiger partial charge in [-0.1, -0.05) is 19.9 Å². The lowest BCUT2D eigenvalue weighted by atomic mass is 9.94. The maximum Gasteiger partial charge on any atom is 0.419 e. The predicted octanol–water partition coefficient (Wildman–Crippen LogP) is 4.17. The number of hydrogen-bond acceptors (Lipinski definition) is 2. The van der Waals surface area contributed by atoms with Gasteiger partial charge in [-0.3, -0.25) is 0 Å². The molecule has 0 aliphatic carbocycles. The van der Waals surface area contributed by atoms with Gasteiger partial charge in [0, 0.05) is 19.8 Å². The maximum atomic E-state index is 13.3. The fourth-order valence-electron chi connectivity index (χ4n) is 2.32. The normalized spacial score (nSPS) is 15.0. The van der Waals surface area contributed by atoms with Gasteiger partial charge in [-0.15, -0.1) is 0 Å². The van der Waals surface area contributed by atoms with Gasteiger partial charge < -0.3 is 10.1 Å². The molecule has 2 atom stereocenters. The molecule has 0 saturated carbocycles. The molecule has 1 aromatic rings. The van der Waals surface area contributed by atoms with Gasteiger partial charge in [0.2, 0.25) is 0 Å². The summed E-state index contributed by atoms with van der Waals surface area (Å²) >= 11 is 0. The van der Waals surface area contributed by atoms with Crippen molar-refractivity contribution in [2.24, 2.45) is 5.92 Å². The molecule has 0 spiro atoms.